The maximum absolute atomic E-state index is 13.1. The van der Waals surface area contributed by atoms with Crippen molar-refractivity contribution in [2.45, 2.75) is 13.5 Å². The average Bonchev–Trinajstić information content (AvgIpc) is 3.01. The third-order valence-electron chi connectivity index (χ3n) is 3.55. The van der Waals surface area contributed by atoms with E-state index in [1.54, 1.807) is 31.3 Å². The van der Waals surface area contributed by atoms with E-state index < -0.39 is 5.91 Å². The normalized spacial score (nSPS) is 10.6. The summed E-state index contributed by atoms with van der Waals surface area (Å²) in [6.07, 6.45) is 1.65. The summed E-state index contributed by atoms with van der Waals surface area (Å²) in [5.74, 6) is -0.183. The number of pyridine rings is 1. The van der Waals surface area contributed by atoms with Crippen LogP contribution in [-0.4, -0.2) is 10.5 Å². The lowest BCUT2D eigenvalue weighted by Gasteiger charge is -2.07. The standard InChI is InChI=1S/C18H15FN2O3/c1-12-10-13(19)5-7-15(12)20-18(23)16-8-6-14(24-16)11-21-9-3-2-4-17(21)22/h2-10H,11H2,1H3,(H,20,23). The fourth-order valence-electron chi connectivity index (χ4n) is 2.30. The predicted molar refractivity (Wildman–Crippen MR) is 87.6 cm³/mol. The Kier molecular flexibility index (Phi) is 4.29. The lowest BCUT2D eigenvalue weighted by molar-refractivity contribution is 0.0994. The van der Waals surface area contributed by atoms with Crippen molar-refractivity contribution in [2.75, 3.05) is 5.32 Å². The molecule has 0 radical (unpaired) electrons. The van der Waals surface area contributed by atoms with Crippen LogP contribution in [0.4, 0.5) is 10.1 Å². The van der Waals surface area contributed by atoms with Gasteiger partial charge in [0.05, 0.1) is 6.54 Å². The quantitative estimate of drug-likeness (QED) is 0.801. The molecular weight excluding hydrogens is 311 g/mol. The lowest BCUT2D eigenvalue weighted by atomic mass is 10.2. The van der Waals surface area contributed by atoms with E-state index >= 15 is 0 Å². The molecule has 2 aromatic heterocycles. The SMILES string of the molecule is Cc1cc(F)ccc1NC(=O)c1ccc(Cn2ccccc2=O)o1. The minimum absolute atomic E-state index is 0.123. The van der Waals surface area contributed by atoms with Crippen molar-refractivity contribution in [2.24, 2.45) is 0 Å². The van der Waals surface area contributed by atoms with E-state index in [9.17, 15) is 14.0 Å². The molecule has 0 aliphatic rings. The molecule has 0 aliphatic heterocycles. The number of carbonyl (C=O) groups excluding carboxylic acids is 1. The Bertz CT molecular complexity index is 943. The van der Waals surface area contributed by atoms with Crippen LogP contribution < -0.4 is 10.9 Å². The zero-order chi connectivity index (χ0) is 17.1. The average molecular weight is 326 g/mol. The monoisotopic (exact) mass is 326 g/mol. The molecular formula is C18H15FN2O3. The molecule has 2 heterocycles. The first-order chi connectivity index (χ1) is 11.5. The number of hydrogen-bond acceptors (Lipinski definition) is 3. The van der Waals surface area contributed by atoms with Crippen LogP contribution in [0.15, 0.2) is 63.9 Å². The van der Waals surface area contributed by atoms with Gasteiger partial charge < -0.3 is 14.3 Å². The number of nitrogens with zero attached hydrogens (tertiary/aromatic N) is 1. The summed E-state index contributed by atoms with van der Waals surface area (Å²) in [5.41, 5.74) is 0.978. The van der Waals surface area contributed by atoms with Crippen molar-refractivity contribution in [3.63, 3.8) is 0 Å². The number of rotatable bonds is 4. The number of furan rings is 1. The Labute approximate surface area is 137 Å². The van der Waals surface area contributed by atoms with E-state index in [2.05, 4.69) is 5.32 Å². The van der Waals surface area contributed by atoms with Crippen LogP contribution in [0.25, 0.3) is 0 Å². The summed E-state index contributed by atoms with van der Waals surface area (Å²) in [7, 11) is 0. The fraction of sp³-hybridized carbons (Fsp3) is 0.111. The van der Waals surface area contributed by atoms with Crippen molar-refractivity contribution in [3.8, 4) is 0 Å². The second-order valence-corrected chi connectivity index (χ2v) is 5.35. The second-order valence-electron chi connectivity index (χ2n) is 5.35. The van der Waals surface area contributed by atoms with E-state index in [0.717, 1.165) is 0 Å². The van der Waals surface area contributed by atoms with Crippen molar-refractivity contribution in [3.05, 3.63) is 88.0 Å². The maximum atomic E-state index is 13.1. The molecule has 3 aromatic rings. The molecule has 0 aliphatic carbocycles. The van der Waals surface area contributed by atoms with E-state index in [1.807, 2.05) is 0 Å². The highest BCUT2D eigenvalue weighted by atomic mass is 19.1. The van der Waals surface area contributed by atoms with Crippen molar-refractivity contribution < 1.29 is 13.6 Å². The van der Waals surface area contributed by atoms with Crippen LogP contribution in [0.5, 0.6) is 0 Å². The molecule has 0 saturated heterocycles. The molecule has 1 amide bonds. The highest BCUT2D eigenvalue weighted by molar-refractivity contribution is 6.02. The number of halogens is 1. The Morgan fingerprint density at radius 1 is 1.21 bits per heavy atom. The number of aryl methyl sites for hydroxylation is 1. The summed E-state index contributed by atoms with van der Waals surface area (Å²) < 4.78 is 20.1. The summed E-state index contributed by atoms with van der Waals surface area (Å²) in [4.78, 5) is 23.9. The number of carbonyl (C=O) groups is 1. The molecule has 3 rings (SSSR count). The third kappa shape index (κ3) is 3.43. The molecule has 6 heteroatoms. The molecule has 0 atom stereocenters. The van der Waals surface area contributed by atoms with Gasteiger partial charge in [0, 0.05) is 18.0 Å². The van der Waals surface area contributed by atoms with Gasteiger partial charge in [0.1, 0.15) is 11.6 Å². The molecule has 0 spiro atoms. The summed E-state index contributed by atoms with van der Waals surface area (Å²) >= 11 is 0. The Balaban J connectivity index is 1.74. The number of hydrogen-bond donors (Lipinski definition) is 1. The van der Waals surface area contributed by atoms with Crippen LogP contribution in [-0.2, 0) is 6.54 Å². The number of aromatic nitrogens is 1. The molecule has 0 bridgehead atoms. The van der Waals surface area contributed by atoms with Gasteiger partial charge in [-0.15, -0.1) is 0 Å². The molecule has 122 valence electrons. The zero-order valence-electron chi connectivity index (χ0n) is 13.0. The number of nitrogens with one attached hydrogen (secondary N) is 1. The maximum Gasteiger partial charge on any atom is 0.291 e. The van der Waals surface area contributed by atoms with E-state index in [-0.39, 0.29) is 23.7 Å². The number of anilines is 1. The highest BCUT2D eigenvalue weighted by Gasteiger charge is 2.13. The van der Waals surface area contributed by atoms with Gasteiger partial charge in [0.15, 0.2) is 5.76 Å². The topological polar surface area (TPSA) is 64.2 Å². The van der Waals surface area contributed by atoms with Gasteiger partial charge in [-0.05, 0) is 48.9 Å². The van der Waals surface area contributed by atoms with Crippen LogP contribution in [0.1, 0.15) is 21.9 Å². The van der Waals surface area contributed by atoms with Crippen LogP contribution in [0.2, 0.25) is 0 Å². The molecule has 5 nitrogen and oxygen atoms in total. The zero-order valence-corrected chi connectivity index (χ0v) is 13.0. The molecule has 0 fully saturated rings. The van der Waals surface area contributed by atoms with Crippen LogP contribution in [0, 0.1) is 12.7 Å². The van der Waals surface area contributed by atoms with E-state index in [0.29, 0.717) is 17.0 Å². The van der Waals surface area contributed by atoms with Crippen LogP contribution >= 0.6 is 0 Å². The minimum Gasteiger partial charge on any atom is -0.454 e. The van der Waals surface area contributed by atoms with Gasteiger partial charge in [-0.25, -0.2) is 4.39 Å². The molecule has 24 heavy (non-hydrogen) atoms. The Morgan fingerprint density at radius 3 is 2.79 bits per heavy atom. The van der Waals surface area contributed by atoms with Gasteiger partial charge in [0.2, 0.25) is 0 Å². The second kappa shape index (κ2) is 6.54. The number of amides is 1. The predicted octanol–water partition coefficient (Wildman–Crippen LogP) is 3.19. The van der Waals surface area contributed by atoms with Gasteiger partial charge >= 0.3 is 0 Å². The fourth-order valence-corrected chi connectivity index (χ4v) is 2.30. The summed E-state index contributed by atoms with van der Waals surface area (Å²) in [5, 5.41) is 2.67. The van der Waals surface area contributed by atoms with Crippen LogP contribution in [0.3, 0.4) is 0 Å². The van der Waals surface area contributed by atoms with Gasteiger partial charge in [-0.2, -0.15) is 0 Å². The van der Waals surface area contributed by atoms with E-state index in [4.69, 9.17) is 4.42 Å². The van der Waals surface area contributed by atoms with Crippen molar-refractivity contribution in [1.29, 1.82) is 0 Å². The first kappa shape index (κ1) is 15.7. The molecule has 1 aromatic carbocycles. The van der Waals surface area contributed by atoms with Crippen molar-refractivity contribution in [1.82, 2.24) is 4.57 Å². The minimum atomic E-state index is -0.434. The molecule has 1 N–H and O–H groups in total. The largest absolute Gasteiger partial charge is 0.454 e. The first-order valence-electron chi connectivity index (χ1n) is 7.34. The van der Waals surface area contributed by atoms with Gasteiger partial charge in [0.25, 0.3) is 11.5 Å². The first-order valence-corrected chi connectivity index (χ1v) is 7.34. The van der Waals surface area contributed by atoms with E-state index in [1.165, 1.54) is 34.9 Å². The number of benzene rings is 1. The third-order valence-corrected chi connectivity index (χ3v) is 3.55. The summed E-state index contributed by atoms with van der Waals surface area (Å²) in [6, 6.07) is 12.1. The molecule has 0 unspecified atom stereocenters. The summed E-state index contributed by atoms with van der Waals surface area (Å²) in [6.45, 7) is 1.94. The van der Waals surface area contributed by atoms with Gasteiger partial charge in [-0.1, -0.05) is 6.07 Å². The van der Waals surface area contributed by atoms with Crippen molar-refractivity contribution >= 4 is 11.6 Å². The highest BCUT2D eigenvalue weighted by Crippen LogP contribution is 2.17. The smallest absolute Gasteiger partial charge is 0.291 e. The lowest BCUT2D eigenvalue weighted by Crippen LogP contribution is -2.18. The Morgan fingerprint density at radius 2 is 2.04 bits per heavy atom. The van der Waals surface area contributed by atoms with Gasteiger partial charge in [-0.3, -0.25) is 9.59 Å². The Hall–Kier alpha value is -3.15. The molecule has 0 saturated carbocycles.